The van der Waals surface area contributed by atoms with Gasteiger partial charge >= 0.3 is 0 Å². The molecule has 4 unspecified atom stereocenters. The van der Waals surface area contributed by atoms with E-state index in [-0.39, 0.29) is 13.1 Å². The van der Waals surface area contributed by atoms with Crippen molar-refractivity contribution in [3.05, 3.63) is 71.8 Å². The Morgan fingerprint density at radius 3 is 1.47 bits per heavy atom. The van der Waals surface area contributed by atoms with Gasteiger partial charge in [-0.15, -0.1) is 0 Å². The number of benzene rings is 2. The second-order valence-electron chi connectivity index (χ2n) is 7.40. The van der Waals surface area contributed by atoms with Crippen LogP contribution in [0.25, 0.3) is 0 Å². The van der Waals surface area contributed by atoms with Gasteiger partial charge in [0.25, 0.3) is 0 Å². The molecule has 32 heavy (non-hydrogen) atoms. The molecule has 4 atom stereocenters. The number of carbonyl (C=O) groups excluding carboxylic acids is 2. The van der Waals surface area contributed by atoms with E-state index in [1.54, 1.807) is 60.7 Å². The van der Waals surface area contributed by atoms with Gasteiger partial charge in [-0.1, -0.05) is 60.7 Å². The third-order valence-corrected chi connectivity index (χ3v) is 8.27. The van der Waals surface area contributed by atoms with E-state index in [9.17, 15) is 18.0 Å². The van der Waals surface area contributed by atoms with E-state index in [1.165, 1.54) is 0 Å². The van der Waals surface area contributed by atoms with Gasteiger partial charge in [-0.3, -0.25) is 14.9 Å². The zero-order chi connectivity index (χ0) is 23.1. The lowest BCUT2D eigenvalue weighted by Gasteiger charge is -2.41. The topological polar surface area (TPSA) is 104 Å². The number of hydrogen-bond acceptors (Lipinski definition) is 7. The van der Waals surface area contributed by atoms with Crippen LogP contribution in [-0.4, -0.2) is 56.9 Å². The van der Waals surface area contributed by atoms with Crippen molar-refractivity contribution in [2.24, 2.45) is 0 Å². The summed E-state index contributed by atoms with van der Waals surface area (Å²) in [6, 6.07) is 15.0. The summed E-state index contributed by atoms with van der Waals surface area (Å²) < 4.78 is 28.1. The zero-order valence-corrected chi connectivity index (χ0v) is 20.0. The van der Waals surface area contributed by atoms with Gasteiger partial charge in [0.1, 0.15) is 22.6 Å². The fourth-order valence-corrected chi connectivity index (χ4v) is 6.74. The Labute approximate surface area is 199 Å². The molecule has 0 bridgehead atoms. The molecule has 0 aliphatic carbocycles. The highest BCUT2D eigenvalue weighted by Crippen LogP contribution is 2.42. The van der Waals surface area contributed by atoms with Crippen LogP contribution >= 0.6 is 25.3 Å². The van der Waals surface area contributed by atoms with Gasteiger partial charge in [0.05, 0.1) is 0 Å². The maximum Gasteiger partial charge on any atom is 0.238 e. The fourth-order valence-electron chi connectivity index (χ4n) is 3.96. The van der Waals surface area contributed by atoms with Crippen molar-refractivity contribution < 1.29 is 18.0 Å². The fraction of sp³-hybridized carbons (Fsp3) is 0.364. The molecule has 0 radical (unpaired) electrons. The molecule has 1 aliphatic heterocycles. The number of hydrogen-bond donors (Lipinski definition) is 5. The predicted octanol–water partition coefficient (Wildman–Crippen LogP) is 1.32. The number of thiol groups is 2. The third-order valence-electron chi connectivity index (χ3n) is 5.32. The smallest absolute Gasteiger partial charge is 0.238 e. The molecule has 0 spiro atoms. The molecule has 1 aliphatic rings. The third kappa shape index (κ3) is 5.31. The van der Waals surface area contributed by atoms with Gasteiger partial charge in [-0.2, -0.15) is 25.3 Å². The largest absolute Gasteiger partial charge is 0.354 e. The lowest BCUT2D eigenvalue weighted by atomic mass is 9.98. The highest BCUT2D eigenvalue weighted by molar-refractivity contribution is 7.92. The summed E-state index contributed by atoms with van der Waals surface area (Å²) in [5, 5.41) is 6.16. The number of rotatable bonds is 8. The standard InChI is InChI=1S/C22H27N3O4S3/c26-21(23-11-13-30)17-19(15-7-3-1-4-8-15)32(28,29)20(16-9-5-2-6-10-16)18(25-17)22(27)24-12-14-31/h1-10,17-20,25,30-31H,11-14H2,(H,23,26)(H,24,27). The average Bonchev–Trinajstić information content (AvgIpc) is 2.80. The molecule has 2 aromatic rings. The summed E-state index contributed by atoms with van der Waals surface area (Å²) in [5.41, 5.74) is 0.974. The van der Waals surface area contributed by atoms with E-state index < -0.39 is 44.2 Å². The van der Waals surface area contributed by atoms with Crippen molar-refractivity contribution in [1.82, 2.24) is 16.0 Å². The van der Waals surface area contributed by atoms with Gasteiger partial charge in [0, 0.05) is 24.6 Å². The van der Waals surface area contributed by atoms with Crippen LogP contribution in [0.1, 0.15) is 21.6 Å². The Balaban J connectivity index is 2.13. The Kier molecular flexibility index (Phi) is 8.64. The molecule has 0 saturated carbocycles. The van der Waals surface area contributed by atoms with Crippen molar-refractivity contribution in [3.8, 4) is 0 Å². The number of sulfone groups is 1. The highest BCUT2D eigenvalue weighted by atomic mass is 32.2. The van der Waals surface area contributed by atoms with Crippen molar-refractivity contribution in [2.45, 2.75) is 22.6 Å². The number of nitrogens with one attached hydrogen (secondary N) is 3. The minimum Gasteiger partial charge on any atom is -0.354 e. The first-order valence-corrected chi connectivity index (χ1v) is 13.1. The van der Waals surface area contributed by atoms with Crippen molar-refractivity contribution in [1.29, 1.82) is 0 Å². The Morgan fingerprint density at radius 1 is 0.750 bits per heavy atom. The lowest BCUT2D eigenvalue weighted by Crippen LogP contribution is -2.64. The zero-order valence-electron chi connectivity index (χ0n) is 17.3. The summed E-state index contributed by atoms with van der Waals surface area (Å²) in [6.07, 6.45) is 0. The molecule has 3 rings (SSSR count). The SMILES string of the molecule is O=C(NCCS)C1NC(C(=O)NCCS)C(c2ccccc2)S(=O)(=O)C1c1ccccc1. The molecule has 2 aromatic carbocycles. The summed E-state index contributed by atoms with van der Waals surface area (Å²) in [5.74, 6) is -0.177. The first-order chi connectivity index (χ1) is 15.4. The average molecular weight is 494 g/mol. The van der Waals surface area contributed by atoms with Gasteiger partial charge in [-0.05, 0) is 11.1 Å². The number of amides is 2. The van der Waals surface area contributed by atoms with Crippen molar-refractivity contribution in [2.75, 3.05) is 24.6 Å². The summed E-state index contributed by atoms with van der Waals surface area (Å²) in [7, 11) is -4.03. The molecule has 3 N–H and O–H groups in total. The van der Waals surface area contributed by atoms with Gasteiger partial charge in [0.15, 0.2) is 9.84 Å². The van der Waals surface area contributed by atoms with E-state index in [4.69, 9.17) is 0 Å². The Hall–Kier alpha value is -2.01. The van der Waals surface area contributed by atoms with E-state index >= 15 is 0 Å². The van der Waals surface area contributed by atoms with E-state index in [0.29, 0.717) is 22.6 Å². The summed E-state index contributed by atoms with van der Waals surface area (Å²) >= 11 is 8.22. The predicted molar refractivity (Wildman–Crippen MR) is 132 cm³/mol. The van der Waals surface area contributed by atoms with E-state index in [2.05, 4.69) is 41.2 Å². The molecule has 7 nitrogen and oxygen atoms in total. The first-order valence-electron chi connectivity index (χ1n) is 10.3. The van der Waals surface area contributed by atoms with Crippen LogP contribution < -0.4 is 16.0 Å². The van der Waals surface area contributed by atoms with Gasteiger partial charge < -0.3 is 10.6 Å². The van der Waals surface area contributed by atoms with Crippen LogP contribution in [0.2, 0.25) is 0 Å². The van der Waals surface area contributed by atoms with Gasteiger partial charge in [0.2, 0.25) is 11.8 Å². The van der Waals surface area contributed by atoms with Crippen LogP contribution in [0, 0.1) is 0 Å². The molecular weight excluding hydrogens is 466 g/mol. The van der Waals surface area contributed by atoms with Gasteiger partial charge in [-0.25, -0.2) is 8.42 Å². The second kappa shape index (κ2) is 11.2. The minimum atomic E-state index is -4.03. The van der Waals surface area contributed by atoms with Crippen LogP contribution in [-0.2, 0) is 19.4 Å². The van der Waals surface area contributed by atoms with Crippen LogP contribution in [0.5, 0.6) is 0 Å². The summed E-state index contributed by atoms with van der Waals surface area (Å²) in [4.78, 5) is 26.1. The Bertz CT molecular complexity index is 944. The van der Waals surface area contributed by atoms with Crippen molar-refractivity contribution in [3.63, 3.8) is 0 Å². The first kappa shape index (κ1) is 24.6. The number of carbonyl (C=O) groups is 2. The van der Waals surface area contributed by atoms with E-state index in [0.717, 1.165) is 0 Å². The monoisotopic (exact) mass is 493 g/mol. The molecule has 1 fully saturated rings. The van der Waals surface area contributed by atoms with E-state index in [1.807, 2.05) is 0 Å². The lowest BCUT2D eigenvalue weighted by molar-refractivity contribution is -0.126. The van der Waals surface area contributed by atoms with Crippen LogP contribution in [0.15, 0.2) is 60.7 Å². The minimum absolute atomic E-state index is 0.278. The maximum atomic E-state index is 14.1. The molecule has 1 heterocycles. The maximum absolute atomic E-state index is 14.1. The molecule has 10 heteroatoms. The quantitative estimate of drug-likeness (QED) is 0.357. The van der Waals surface area contributed by atoms with Crippen molar-refractivity contribution >= 4 is 46.9 Å². The molecular formula is C22H27N3O4S3. The molecule has 0 aromatic heterocycles. The second-order valence-corrected chi connectivity index (χ2v) is 10.5. The molecule has 1 saturated heterocycles. The normalized spacial score (nSPS) is 24.4. The van der Waals surface area contributed by atoms with Crippen LogP contribution in [0.4, 0.5) is 0 Å². The highest BCUT2D eigenvalue weighted by Gasteiger charge is 2.54. The molecule has 2 amide bonds. The molecule has 172 valence electrons. The Morgan fingerprint density at radius 2 is 1.12 bits per heavy atom. The summed E-state index contributed by atoms with van der Waals surface area (Å²) in [6.45, 7) is 0.556. The van der Waals surface area contributed by atoms with Crippen LogP contribution in [0.3, 0.4) is 0 Å².